The molecular formula is C22H28N2O3S. The van der Waals surface area contributed by atoms with Gasteiger partial charge in [-0.1, -0.05) is 43.0 Å². The summed E-state index contributed by atoms with van der Waals surface area (Å²) in [6.45, 7) is 3.68. The number of amides is 1. The van der Waals surface area contributed by atoms with E-state index in [9.17, 15) is 13.2 Å². The Labute approximate surface area is 167 Å². The number of hydrogen-bond donors (Lipinski definition) is 1. The van der Waals surface area contributed by atoms with Crippen molar-refractivity contribution in [2.75, 3.05) is 11.8 Å². The van der Waals surface area contributed by atoms with E-state index in [1.54, 1.807) is 36.1 Å². The van der Waals surface area contributed by atoms with Gasteiger partial charge in [0, 0.05) is 24.3 Å². The van der Waals surface area contributed by atoms with E-state index in [1.165, 1.54) is 12.5 Å². The number of hydrogen-bond acceptors (Lipinski definition) is 3. The number of benzene rings is 2. The second-order valence-corrected chi connectivity index (χ2v) is 9.31. The number of carbonyl (C=O) groups is 1. The van der Waals surface area contributed by atoms with Gasteiger partial charge in [0.25, 0.3) is 15.9 Å². The summed E-state index contributed by atoms with van der Waals surface area (Å²) in [5, 5.41) is 0. The molecule has 0 spiro atoms. The standard InChI is InChI=1S/C22H28N2O3S/c1-16-9-13-19(14-10-16)23-28(26,27)21-15-18(12-11-17(21)2)22(25)24(3)20-7-5-4-6-8-20/h9-15,20,23H,4-8H2,1-3H3. The maximum Gasteiger partial charge on any atom is 0.262 e. The molecule has 0 radical (unpaired) electrons. The van der Waals surface area contributed by atoms with Crippen molar-refractivity contribution in [2.24, 2.45) is 0 Å². The van der Waals surface area contributed by atoms with Crippen LogP contribution in [0.2, 0.25) is 0 Å². The average Bonchev–Trinajstić information content (AvgIpc) is 2.69. The summed E-state index contributed by atoms with van der Waals surface area (Å²) in [7, 11) is -1.97. The third-order valence-corrected chi connectivity index (χ3v) is 6.99. The quantitative estimate of drug-likeness (QED) is 0.803. The largest absolute Gasteiger partial charge is 0.339 e. The first-order valence-electron chi connectivity index (χ1n) is 9.75. The summed E-state index contributed by atoms with van der Waals surface area (Å²) in [5.74, 6) is -0.126. The lowest BCUT2D eigenvalue weighted by atomic mass is 9.94. The number of nitrogens with one attached hydrogen (secondary N) is 1. The molecule has 0 aliphatic heterocycles. The first-order chi connectivity index (χ1) is 13.3. The molecule has 5 nitrogen and oxygen atoms in total. The van der Waals surface area contributed by atoms with Crippen molar-refractivity contribution in [3.63, 3.8) is 0 Å². The first-order valence-corrected chi connectivity index (χ1v) is 11.2. The van der Waals surface area contributed by atoms with Crippen molar-refractivity contribution in [1.82, 2.24) is 4.90 Å². The van der Waals surface area contributed by atoms with Gasteiger partial charge in [-0.3, -0.25) is 9.52 Å². The zero-order valence-corrected chi connectivity index (χ0v) is 17.6. The van der Waals surface area contributed by atoms with Gasteiger partial charge in [-0.25, -0.2) is 8.42 Å². The number of carbonyl (C=O) groups excluding carboxylic acids is 1. The molecule has 0 bridgehead atoms. The summed E-state index contributed by atoms with van der Waals surface area (Å²) < 4.78 is 28.4. The summed E-state index contributed by atoms with van der Waals surface area (Å²) >= 11 is 0. The molecule has 0 aromatic heterocycles. The molecule has 1 aliphatic rings. The van der Waals surface area contributed by atoms with Gasteiger partial charge in [-0.15, -0.1) is 0 Å². The molecule has 150 valence electrons. The molecule has 0 atom stereocenters. The Kier molecular flexibility index (Phi) is 6.08. The van der Waals surface area contributed by atoms with Crippen molar-refractivity contribution in [3.8, 4) is 0 Å². The van der Waals surface area contributed by atoms with Crippen LogP contribution in [0.25, 0.3) is 0 Å². The van der Waals surface area contributed by atoms with Gasteiger partial charge < -0.3 is 4.90 Å². The van der Waals surface area contributed by atoms with Crippen LogP contribution in [-0.2, 0) is 10.0 Å². The third kappa shape index (κ3) is 4.55. The van der Waals surface area contributed by atoms with Gasteiger partial charge >= 0.3 is 0 Å². The molecule has 2 aromatic carbocycles. The predicted octanol–water partition coefficient (Wildman–Crippen LogP) is 4.51. The van der Waals surface area contributed by atoms with E-state index in [1.807, 2.05) is 26.1 Å². The van der Waals surface area contributed by atoms with Gasteiger partial charge in [0.1, 0.15) is 0 Å². The lowest BCUT2D eigenvalue weighted by molar-refractivity contribution is 0.0696. The van der Waals surface area contributed by atoms with E-state index in [0.717, 1.165) is 31.2 Å². The van der Waals surface area contributed by atoms with Crippen LogP contribution in [0.1, 0.15) is 53.6 Å². The molecule has 2 aromatic rings. The average molecular weight is 401 g/mol. The molecule has 0 heterocycles. The minimum atomic E-state index is -3.78. The lowest BCUT2D eigenvalue weighted by Crippen LogP contribution is -2.38. The molecular weight excluding hydrogens is 372 g/mol. The molecule has 1 fully saturated rings. The Morgan fingerprint density at radius 2 is 1.64 bits per heavy atom. The van der Waals surface area contributed by atoms with Crippen LogP contribution >= 0.6 is 0 Å². The Bertz CT molecular complexity index is 946. The fourth-order valence-electron chi connectivity index (χ4n) is 3.69. The van der Waals surface area contributed by atoms with Crippen LogP contribution in [0.3, 0.4) is 0 Å². The Morgan fingerprint density at radius 3 is 2.29 bits per heavy atom. The van der Waals surface area contributed by atoms with Crippen molar-refractivity contribution < 1.29 is 13.2 Å². The second kappa shape index (κ2) is 8.35. The lowest BCUT2D eigenvalue weighted by Gasteiger charge is -2.31. The number of aryl methyl sites for hydroxylation is 2. The van der Waals surface area contributed by atoms with Gasteiger partial charge in [0.05, 0.1) is 4.90 Å². The molecule has 6 heteroatoms. The van der Waals surface area contributed by atoms with E-state index in [0.29, 0.717) is 16.8 Å². The SMILES string of the molecule is Cc1ccc(NS(=O)(=O)c2cc(C(=O)N(C)C3CCCCC3)ccc2C)cc1. The molecule has 28 heavy (non-hydrogen) atoms. The molecule has 1 saturated carbocycles. The first kappa shape index (κ1) is 20.4. The van der Waals surface area contributed by atoms with E-state index in [4.69, 9.17) is 0 Å². The van der Waals surface area contributed by atoms with Gasteiger partial charge in [0.2, 0.25) is 0 Å². The van der Waals surface area contributed by atoms with Crippen LogP contribution in [0, 0.1) is 13.8 Å². The summed E-state index contributed by atoms with van der Waals surface area (Å²) in [5.41, 5.74) is 2.57. The van der Waals surface area contributed by atoms with Crippen LogP contribution < -0.4 is 4.72 Å². The van der Waals surface area contributed by atoms with E-state index in [-0.39, 0.29) is 16.8 Å². The molecule has 1 amide bonds. The van der Waals surface area contributed by atoms with Crippen LogP contribution in [0.5, 0.6) is 0 Å². The van der Waals surface area contributed by atoms with Gasteiger partial charge in [-0.2, -0.15) is 0 Å². The topological polar surface area (TPSA) is 66.5 Å². The Morgan fingerprint density at radius 1 is 1.00 bits per heavy atom. The molecule has 1 aliphatic carbocycles. The third-order valence-electron chi connectivity index (χ3n) is 5.47. The number of nitrogens with zero attached hydrogens (tertiary/aromatic N) is 1. The van der Waals surface area contributed by atoms with E-state index < -0.39 is 10.0 Å². The summed E-state index contributed by atoms with van der Waals surface area (Å²) in [4.78, 5) is 14.8. The summed E-state index contributed by atoms with van der Waals surface area (Å²) in [6.07, 6.45) is 5.51. The molecule has 3 rings (SSSR count). The highest BCUT2D eigenvalue weighted by Gasteiger charge is 2.25. The van der Waals surface area contributed by atoms with Crippen molar-refractivity contribution in [3.05, 3.63) is 59.2 Å². The number of rotatable bonds is 5. The zero-order valence-electron chi connectivity index (χ0n) is 16.7. The van der Waals surface area contributed by atoms with E-state index >= 15 is 0 Å². The molecule has 0 unspecified atom stereocenters. The smallest absolute Gasteiger partial charge is 0.262 e. The van der Waals surface area contributed by atoms with Crippen molar-refractivity contribution in [2.45, 2.75) is 56.9 Å². The van der Waals surface area contributed by atoms with Crippen molar-refractivity contribution >= 4 is 21.6 Å². The molecule has 0 saturated heterocycles. The van der Waals surface area contributed by atoms with Gasteiger partial charge in [0.15, 0.2) is 0 Å². The highest BCUT2D eigenvalue weighted by molar-refractivity contribution is 7.92. The minimum Gasteiger partial charge on any atom is -0.339 e. The van der Waals surface area contributed by atoms with E-state index in [2.05, 4.69) is 4.72 Å². The summed E-state index contributed by atoms with van der Waals surface area (Å²) in [6, 6.07) is 12.3. The highest BCUT2D eigenvalue weighted by Crippen LogP contribution is 2.25. The van der Waals surface area contributed by atoms with Crippen LogP contribution in [0.4, 0.5) is 5.69 Å². The fraction of sp³-hybridized carbons (Fsp3) is 0.409. The number of anilines is 1. The van der Waals surface area contributed by atoms with Crippen molar-refractivity contribution in [1.29, 1.82) is 0 Å². The second-order valence-electron chi connectivity index (χ2n) is 7.66. The Balaban J connectivity index is 1.85. The highest BCUT2D eigenvalue weighted by atomic mass is 32.2. The van der Waals surface area contributed by atoms with Crippen LogP contribution in [-0.4, -0.2) is 32.3 Å². The van der Waals surface area contributed by atoms with Gasteiger partial charge in [-0.05, 0) is 56.5 Å². The predicted molar refractivity (Wildman–Crippen MR) is 112 cm³/mol. The zero-order chi connectivity index (χ0) is 20.3. The monoisotopic (exact) mass is 400 g/mol. The normalized spacial score (nSPS) is 15.2. The molecule has 1 N–H and O–H groups in total. The van der Waals surface area contributed by atoms with Crippen LogP contribution in [0.15, 0.2) is 47.4 Å². The maximum absolute atomic E-state index is 12.9. The number of sulfonamides is 1. The Hall–Kier alpha value is -2.34. The minimum absolute atomic E-state index is 0.126. The maximum atomic E-state index is 12.9. The fourth-order valence-corrected chi connectivity index (χ4v) is 5.02.